The minimum absolute atomic E-state index is 0.783. The summed E-state index contributed by atoms with van der Waals surface area (Å²) < 4.78 is 0. The molecule has 1 nitrogen and oxygen atoms in total. The third kappa shape index (κ3) is 4.70. The van der Waals surface area contributed by atoms with E-state index in [0.717, 1.165) is 23.0 Å². The highest BCUT2D eigenvalue weighted by Crippen LogP contribution is 2.33. The van der Waals surface area contributed by atoms with Gasteiger partial charge in [0.2, 0.25) is 0 Å². The topological polar surface area (TPSA) is 12.0 Å². The maximum Gasteiger partial charge on any atom is 0.0146 e. The summed E-state index contributed by atoms with van der Waals surface area (Å²) in [6, 6.07) is 0. The quantitative estimate of drug-likeness (QED) is 0.755. The molecule has 1 rings (SSSR count). The Balaban J connectivity index is 2.15. The van der Waals surface area contributed by atoms with Gasteiger partial charge in [0, 0.05) is 17.0 Å². The van der Waals surface area contributed by atoms with E-state index in [9.17, 15) is 0 Å². The van der Waals surface area contributed by atoms with Gasteiger partial charge in [-0.25, -0.2) is 0 Å². The molecule has 0 aromatic carbocycles. The van der Waals surface area contributed by atoms with Crippen LogP contribution in [0.4, 0.5) is 0 Å². The molecule has 0 spiro atoms. The summed E-state index contributed by atoms with van der Waals surface area (Å²) >= 11 is 2.20. The van der Waals surface area contributed by atoms with Crippen LogP contribution < -0.4 is 5.32 Å². The normalized spacial score (nSPS) is 30.2. The fourth-order valence-electron chi connectivity index (χ4n) is 2.23. The van der Waals surface area contributed by atoms with E-state index in [1.807, 2.05) is 0 Å². The SMILES string of the molecule is CCNCC(C)SC1CCCC(C)C1. The van der Waals surface area contributed by atoms with Gasteiger partial charge in [-0.2, -0.15) is 11.8 Å². The third-order valence-electron chi connectivity index (χ3n) is 2.99. The van der Waals surface area contributed by atoms with Crippen molar-refractivity contribution >= 4 is 11.8 Å². The molecule has 0 radical (unpaired) electrons. The van der Waals surface area contributed by atoms with Crippen LogP contribution in [0.25, 0.3) is 0 Å². The van der Waals surface area contributed by atoms with Gasteiger partial charge < -0.3 is 5.32 Å². The molecule has 1 fully saturated rings. The Morgan fingerprint density at radius 1 is 1.43 bits per heavy atom. The van der Waals surface area contributed by atoms with Crippen molar-refractivity contribution in [1.29, 1.82) is 0 Å². The van der Waals surface area contributed by atoms with Crippen LogP contribution in [0.5, 0.6) is 0 Å². The van der Waals surface area contributed by atoms with Crippen LogP contribution in [-0.4, -0.2) is 23.6 Å². The highest BCUT2D eigenvalue weighted by molar-refractivity contribution is 8.00. The summed E-state index contributed by atoms with van der Waals surface area (Å²) in [6.45, 7) is 9.21. The van der Waals surface area contributed by atoms with Crippen LogP contribution in [0, 0.1) is 5.92 Å². The standard InChI is InChI=1S/C12H25NS/c1-4-13-9-11(3)14-12-7-5-6-10(2)8-12/h10-13H,4-9H2,1-3H3. The van der Waals surface area contributed by atoms with Crippen molar-refractivity contribution in [1.82, 2.24) is 5.32 Å². The Bertz CT molecular complexity index is 149. The molecule has 1 N–H and O–H groups in total. The van der Waals surface area contributed by atoms with Crippen LogP contribution >= 0.6 is 11.8 Å². The molecule has 2 heteroatoms. The van der Waals surface area contributed by atoms with Gasteiger partial charge in [-0.15, -0.1) is 0 Å². The van der Waals surface area contributed by atoms with Crippen molar-refractivity contribution in [2.75, 3.05) is 13.1 Å². The minimum atomic E-state index is 0.783. The Morgan fingerprint density at radius 2 is 2.21 bits per heavy atom. The fraction of sp³-hybridized carbons (Fsp3) is 1.00. The largest absolute Gasteiger partial charge is 0.316 e. The van der Waals surface area contributed by atoms with E-state index in [0.29, 0.717) is 0 Å². The summed E-state index contributed by atoms with van der Waals surface area (Å²) in [5, 5.41) is 5.15. The van der Waals surface area contributed by atoms with Crippen LogP contribution in [-0.2, 0) is 0 Å². The molecule has 3 unspecified atom stereocenters. The molecular formula is C12H25NS. The predicted octanol–water partition coefficient (Wildman–Crippen LogP) is 3.30. The molecule has 0 bridgehead atoms. The third-order valence-corrected chi connectivity index (χ3v) is 4.44. The van der Waals surface area contributed by atoms with Crippen molar-refractivity contribution in [3.63, 3.8) is 0 Å². The number of rotatable bonds is 5. The summed E-state index contributed by atoms with van der Waals surface area (Å²) in [4.78, 5) is 0. The molecular weight excluding hydrogens is 190 g/mol. The van der Waals surface area contributed by atoms with Gasteiger partial charge in [-0.3, -0.25) is 0 Å². The Kier molecular flexibility index (Phi) is 5.95. The first-order valence-corrected chi connectivity index (χ1v) is 7.02. The zero-order valence-corrected chi connectivity index (χ0v) is 10.7. The first kappa shape index (κ1) is 12.4. The van der Waals surface area contributed by atoms with Crippen molar-refractivity contribution in [2.24, 2.45) is 5.92 Å². The second-order valence-electron chi connectivity index (χ2n) is 4.65. The van der Waals surface area contributed by atoms with Gasteiger partial charge >= 0.3 is 0 Å². The molecule has 1 aliphatic carbocycles. The van der Waals surface area contributed by atoms with E-state index in [1.165, 1.54) is 32.2 Å². The Hall–Kier alpha value is 0.310. The maximum absolute atomic E-state index is 3.43. The lowest BCUT2D eigenvalue weighted by molar-refractivity contribution is 0.393. The monoisotopic (exact) mass is 215 g/mol. The smallest absolute Gasteiger partial charge is 0.0146 e. The molecule has 84 valence electrons. The van der Waals surface area contributed by atoms with Crippen LogP contribution in [0.1, 0.15) is 46.5 Å². The van der Waals surface area contributed by atoms with E-state index < -0.39 is 0 Å². The summed E-state index contributed by atoms with van der Waals surface area (Å²) in [5.74, 6) is 0.965. The highest BCUT2D eigenvalue weighted by atomic mass is 32.2. The summed E-state index contributed by atoms with van der Waals surface area (Å²) in [6.07, 6.45) is 5.80. The number of nitrogens with one attached hydrogen (secondary N) is 1. The molecule has 0 saturated heterocycles. The lowest BCUT2D eigenvalue weighted by Crippen LogP contribution is -2.25. The molecule has 14 heavy (non-hydrogen) atoms. The first-order chi connectivity index (χ1) is 6.72. The van der Waals surface area contributed by atoms with Gasteiger partial charge in [0.15, 0.2) is 0 Å². The average Bonchev–Trinajstić information content (AvgIpc) is 2.15. The van der Waals surface area contributed by atoms with Crippen molar-refractivity contribution in [3.8, 4) is 0 Å². The Morgan fingerprint density at radius 3 is 2.86 bits per heavy atom. The van der Waals surface area contributed by atoms with Crippen LogP contribution in [0.15, 0.2) is 0 Å². The van der Waals surface area contributed by atoms with Gasteiger partial charge in [-0.05, 0) is 25.3 Å². The number of hydrogen-bond acceptors (Lipinski definition) is 2. The van der Waals surface area contributed by atoms with Crippen molar-refractivity contribution in [2.45, 2.75) is 57.0 Å². The van der Waals surface area contributed by atoms with E-state index in [1.54, 1.807) is 0 Å². The van der Waals surface area contributed by atoms with E-state index in [4.69, 9.17) is 0 Å². The molecule has 0 aromatic rings. The number of hydrogen-bond donors (Lipinski definition) is 1. The second-order valence-corrected chi connectivity index (χ2v) is 6.39. The van der Waals surface area contributed by atoms with E-state index in [-0.39, 0.29) is 0 Å². The minimum Gasteiger partial charge on any atom is -0.316 e. The lowest BCUT2D eigenvalue weighted by atomic mass is 9.91. The fourth-order valence-corrected chi connectivity index (χ4v) is 3.84. The molecule has 1 saturated carbocycles. The molecule has 1 aliphatic rings. The number of thioether (sulfide) groups is 1. The Labute approximate surface area is 93.4 Å². The molecule has 3 atom stereocenters. The van der Waals surface area contributed by atoms with Gasteiger partial charge in [0.05, 0.1) is 0 Å². The lowest BCUT2D eigenvalue weighted by Gasteiger charge is -2.28. The van der Waals surface area contributed by atoms with E-state index >= 15 is 0 Å². The molecule has 0 aliphatic heterocycles. The predicted molar refractivity (Wildman–Crippen MR) is 67.0 cm³/mol. The van der Waals surface area contributed by atoms with E-state index in [2.05, 4.69) is 37.8 Å². The molecule has 0 heterocycles. The zero-order valence-electron chi connectivity index (χ0n) is 9.88. The molecule has 0 amide bonds. The van der Waals surface area contributed by atoms with Gasteiger partial charge in [-0.1, -0.05) is 33.6 Å². The summed E-state index contributed by atoms with van der Waals surface area (Å²) in [5.41, 5.74) is 0. The average molecular weight is 215 g/mol. The summed E-state index contributed by atoms with van der Waals surface area (Å²) in [7, 11) is 0. The molecule has 0 aromatic heterocycles. The van der Waals surface area contributed by atoms with Gasteiger partial charge in [0.25, 0.3) is 0 Å². The van der Waals surface area contributed by atoms with Crippen molar-refractivity contribution < 1.29 is 0 Å². The second kappa shape index (κ2) is 6.73. The maximum atomic E-state index is 3.43. The van der Waals surface area contributed by atoms with Crippen molar-refractivity contribution in [3.05, 3.63) is 0 Å². The first-order valence-electron chi connectivity index (χ1n) is 6.08. The highest BCUT2D eigenvalue weighted by Gasteiger charge is 2.20. The zero-order chi connectivity index (χ0) is 10.4. The van der Waals surface area contributed by atoms with Crippen LogP contribution in [0.3, 0.4) is 0 Å². The van der Waals surface area contributed by atoms with Crippen LogP contribution in [0.2, 0.25) is 0 Å². The van der Waals surface area contributed by atoms with Gasteiger partial charge in [0.1, 0.15) is 0 Å².